The van der Waals surface area contributed by atoms with Crippen molar-refractivity contribution in [3.8, 4) is 17.6 Å². The monoisotopic (exact) mass is 320 g/mol. The molecule has 0 heterocycles. The Morgan fingerprint density at radius 2 is 1.95 bits per heavy atom. The van der Waals surface area contributed by atoms with Gasteiger partial charge in [0.25, 0.3) is 0 Å². The van der Waals surface area contributed by atoms with Crippen LogP contribution in [0.15, 0.2) is 42.5 Å². The molecule has 0 aliphatic heterocycles. The molecule has 4 heteroatoms. The molecule has 0 spiro atoms. The third kappa shape index (κ3) is 4.99. The highest BCUT2D eigenvalue weighted by atomic mass is 35.5. The van der Waals surface area contributed by atoms with Crippen LogP contribution in [0.1, 0.15) is 17.5 Å². The summed E-state index contributed by atoms with van der Waals surface area (Å²) in [6.45, 7) is 0.457. The average molecular weight is 321 g/mol. The number of ether oxygens (including phenoxy) is 1. The molecule has 0 amide bonds. The van der Waals surface area contributed by atoms with Crippen molar-refractivity contribution in [2.75, 3.05) is 6.61 Å². The van der Waals surface area contributed by atoms with E-state index in [2.05, 4.69) is 11.8 Å². The molecule has 0 aliphatic rings. The fraction of sp³-hybridized carbons (Fsp3) is 0.176. The maximum atomic E-state index is 8.71. The minimum atomic E-state index is 0.0725. The van der Waals surface area contributed by atoms with Gasteiger partial charge in [0.1, 0.15) is 12.4 Å². The molecule has 0 aromatic heterocycles. The molecule has 2 rings (SSSR count). The molecule has 2 aromatic rings. The molecule has 21 heavy (non-hydrogen) atoms. The van der Waals surface area contributed by atoms with Crippen molar-refractivity contribution in [2.24, 2.45) is 0 Å². The molecule has 0 aliphatic carbocycles. The highest BCUT2D eigenvalue weighted by Crippen LogP contribution is 2.28. The van der Waals surface area contributed by atoms with Gasteiger partial charge in [-0.05, 0) is 29.8 Å². The fourth-order valence-electron chi connectivity index (χ4n) is 1.71. The predicted molar refractivity (Wildman–Crippen MR) is 85.8 cm³/mol. The van der Waals surface area contributed by atoms with Crippen molar-refractivity contribution in [3.63, 3.8) is 0 Å². The van der Waals surface area contributed by atoms with Crippen LogP contribution in [0.5, 0.6) is 5.75 Å². The molecule has 0 saturated heterocycles. The van der Waals surface area contributed by atoms with Gasteiger partial charge >= 0.3 is 0 Å². The Morgan fingerprint density at radius 1 is 1.10 bits per heavy atom. The highest BCUT2D eigenvalue weighted by Gasteiger charge is 2.03. The van der Waals surface area contributed by atoms with Crippen molar-refractivity contribution in [1.29, 1.82) is 0 Å². The minimum Gasteiger partial charge on any atom is -0.487 e. The molecule has 1 N–H and O–H groups in total. The fourth-order valence-corrected chi connectivity index (χ4v) is 2.04. The van der Waals surface area contributed by atoms with Crippen molar-refractivity contribution in [3.05, 3.63) is 63.6 Å². The van der Waals surface area contributed by atoms with E-state index < -0.39 is 0 Å². The van der Waals surface area contributed by atoms with Gasteiger partial charge in [-0.15, -0.1) is 0 Å². The summed E-state index contributed by atoms with van der Waals surface area (Å²) in [5.74, 6) is 6.44. The van der Waals surface area contributed by atoms with Crippen LogP contribution in [0.4, 0.5) is 0 Å². The van der Waals surface area contributed by atoms with Crippen LogP contribution in [-0.4, -0.2) is 11.7 Å². The zero-order chi connectivity index (χ0) is 15.1. The molecule has 0 radical (unpaired) electrons. The summed E-state index contributed by atoms with van der Waals surface area (Å²) in [6.07, 6.45) is 0.471. The maximum absolute atomic E-state index is 8.71. The molecular weight excluding hydrogens is 307 g/mol. The van der Waals surface area contributed by atoms with E-state index in [1.165, 1.54) is 0 Å². The maximum Gasteiger partial charge on any atom is 0.139 e. The zero-order valence-electron chi connectivity index (χ0n) is 11.3. The van der Waals surface area contributed by atoms with Gasteiger partial charge in [-0.1, -0.05) is 47.2 Å². The van der Waals surface area contributed by atoms with Gasteiger partial charge in [-0.25, -0.2) is 0 Å². The van der Waals surface area contributed by atoms with E-state index in [-0.39, 0.29) is 6.61 Å². The number of hydrogen-bond donors (Lipinski definition) is 1. The lowest BCUT2D eigenvalue weighted by Gasteiger charge is -2.08. The van der Waals surface area contributed by atoms with Crippen LogP contribution in [-0.2, 0) is 6.61 Å². The van der Waals surface area contributed by atoms with Crippen molar-refractivity contribution >= 4 is 23.2 Å². The number of aliphatic hydroxyl groups excluding tert-OH is 1. The molecule has 2 nitrogen and oxygen atoms in total. The largest absolute Gasteiger partial charge is 0.487 e. The predicted octanol–water partition coefficient (Wildman–Crippen LogP) is 4.31. The minimum absolute atomic E-state index is 0.0725. The number of hydrogen-bond acceptors (Lipinski definition) is 2. The summed E-state index contributed by atoms with van der Waals surface area (Å²) in [5.41, 5.74) is 1.88. The van der Waals surface area contributed by atoms with Crippen molar-refractivity contribution in [1.82, 2.24) is 0 Å². The number of rotatable bonds is 4. The summed E-state index contributed by atoms with van der Waals surface area (Å²) in [5, 5.41) is 9.82. The van der Waals surface area contributed by atoms with Crippen LogP contribution in [0.25, 0.3) is 0 Å². The first kappa shape index (κ1) is 15.7. The van der Waals surface area contributed by atoms with Crippen molar-refractivity contribution in [2.45, 2.75) is 13.0 Å². The normalized spacial score (nSPS) is 9.86. The summed E-state index contributed by atoms with van der Waals surface area (Å²) >= 11 is 12.0. The second kappa shape index (κ2) is 7.95. The molecule has 0 fully saturated rings. The summed E-state index contributed by atoms with van der Waals surface area (Å²) in [4.78, 5) is 0. The lowest BCUT2D eigenvalue weighted by Crippen LogP contribution is -1.96. The number of aliphatic hydroxyl groups is 1. The van der Waals surface area contributed by atoms with Gasteiger partial charge in [-0.3, -0.25) is 0 Å². The Morgan fingerprint density at radius 3 is 2.76 bits per heavy atom. The van der Waals surface area contributed by atoms with Crippen LogP contribution in [0, 0.1) is 11.8 Å². The molecule has 0 bridgehead atoms. The van der Waals surface area contributed by atoms with Crippen LogP contribution < -0.4 is 4.74 Å². The zero-order valence-corrected chi connectivity index (χ0v) is 12.8. The lowest BCUT2D eigenvalue weighted by molar-refractivity contribution is 0.305. The van der Waals surface area contributed by atoms with Gasteiger partial charge in [0.05, 0.1) is 11.6 Å². The van der Waals surface area contributed by atoms with Gasteiger partial charge in [-0.2, -0.15) is 0 Å². The molecule has 0 saturated carbocycles. The molecule has 0 unspecified atom stereocenters. The summed E-state index contributed by atoms with van der Waals surface area (Å²) in [6, 6.07) is 12.8. The average Bonchev–Trinajstić information content (AvgIpc) is 2.49. The third-order valence-corrected chi connectivity index (χ3v) is 3.23. The van der Waals surface area contributed by atoms with E-state index in [1.807, 2.05) is 24.3 Å². The Balaban J connectivity index is 2.05. The second-order valence-electron chi connectivity index (χ2n) is 4.34. The standard InChI is InChI=1S/C17H14Cl2O2/c18-15-7-8-16(19)17(11-15)21-12-14-6-3-5-13(10-14)4-1-2-9-20/h3,5-8,10-11,20H,2,9,12H2. The SMILES string of the molecule is OCCC#Cc1cccc(COc2cc(Cl)ccc2Cl)c1. The Labute approximate surface area is 134 Å². The first-order valence-electron chi connectivity index (χ1n) is 6.45. The number of benzene rings is 2. The second-order valence-corrected chi connectivity index (χ2v) is 5.18. The van der Waals surface area contributed by atoms with E-state index in [0.29, 0.717) is 28.8 Å². The molecule has 2 aromatic carbocycles. The van der Waals surface area contributed by atoms with E-state index in [1.54, 1.807) is 18.2 Å². The van der Waals surface area contributed by atoms with Gasteiger partial charge < -0.3 is 9.84 Å². The smallest absolute Gasteiger partial charge is 0.139 e. The van der Waals surface area contributed by atoms with E-state index >= 15 is 0 Å². The molecular formula is C17H14Cl2O2. The lowest BCUT2D eigenvalue weighted by atomic mass is 10.1. The van der Waals surface area contributed by atoms with Gasteiger partial charge in [0.15, 0.2) is 0 Å². The number of halogens is 2. The van der Waals surface area contributed by atoms with Gasteiger partial charge in [0.2, 0.25) is 0 Å². The highest BCUT2D eigenvalue weighted by molar-refractivity contribution is 6.34. The quantitative estimate of drug-likeness (QED) is 0.851. The van der Waals surface area contributed by atoms with Crippen LogP contribution >= 0.6 is 23.2 Å². The van der Waals surface area contributed by atoms with Crippen LogP contribution in [0.3, 0.4) is 0 Å². The molecule has 108 valence electrons. The van der Waals surface area contributed by atoms with E-state index in [9.17, 15) is 0 Å². The third-order valence-electron chi connectivity index (χ3n) is 2.68. The first-order chi connectivity index (χ1) is 10.2. The Bertz CT molecular complexity index is 672. The van der Waals surface area contributed by atoms with Crippen molar-refractivity contribution < 1.29 is 9.84 Å². The van der Waals surface area contributed by atoms with Gasteiger partial charge in [0, 0.05) is 23.1 Å². The topological polar surface area (TPSA) is 29.5 Å². The van der Waals surface area contributed by atoms with E-state index in [0.717, 1.165) is 11.1 Å². The van der Waals surface area contributed by atoms with E-state index in [4.69, 9.17) is 33.0 Å². The summed E-state index contributed by atoms with van der Waals surface area (Å²) in [7, 11) is 0. The van der Waals surface area contributed by atoms with Crippen LogP contribution in [0.2, 0.25) is 10.0 Å². The Kier molecular flexibility index (Phi) is 5.95. The molecule has 0 atom stereocenters. The Hall–Kier alpha value is -1.66. The summed E-state index contributed by atoms with van der Waals surface area (Å²) < 4.78 is 5.68. The first-order valence-corrected chi connectivity index (χ1v) is 7.21.